The van der Waals surface area contributed by atoms with Gasteiger partial charge in [-0.3, -0.25) is 4.40 Å². The maximum Gasteiger partial charge on any atom is 0.195 e. The van der Waals surface area contributed by atoms with Crippen molar-refractivity contribution in [2.45, 2.75) is 25.7 Å². The summed E-state index contributed by atoms with van der Waals surface area (Å²) in [5.41, 5.74) is 6.64. The van der Waals surface area contributed by atoms with Gasteiger partial charge in [0.2, 0.25) is 0 Å². The summed E-state index contributed by atoms with van der Waals surface area (Å²) in [6.45, 7) is 0. The molecule has 22 heavy (non-hydrogen) atoms. The summed E-state index contributed by atoms with van der Waals surface area (Å²) in [6.07, 6.45) is 7.28. The molecule has 1 aliphatic carbocycles. The Kier molecular flexibility index (Phi) is 2.64. The van der Waals surface area contributed by atoms with Gasteiger partial charge >= 0.3 is 0 Å². The third-order valence-corrected chi connectivity index (χ3v) is 5.68. The number of hydrogen-bond donors (Lipinski definition) is 0. The van der Waals surface area contributed by atoms with Crippen LogP contribution >= 0.6 is 11.3 Å². The Hall–Kier alpha value is -2.13. The molecule has 0 unspecified atom stereocenters. The monoisotopic (exact) mass is 304 g/mol. The minimum atomic E-state index is 1.08. The lowest BCUT2D eigenvalue weighted by atomic mass is 9.90. The highest BCUT2D eigenvalue weighted by Crippen LogP contribution is 2.31. The molecular weight excluding hydrogens is 288 g/mol. The van der Waals surface area contributed by atoms with E-state index in [-0.39, 0.29) is 0 Å². The standard InChI is InChI=1S/C19H16N2S/c1-2-6-14-11-15(10-9-13(14)5-1)16-12-21-17-7-3-4-8-18(17)22-19(21)20-16/h3-4,7-12H,1-2,5-6H2. The van der Waals surface area contributed by atoms with E-state index in [4.69, 9.17) is 4.98 Å². The number of nitrogens with zero attached hydrogens (tertiary/aromatic N) is 2. The van der Waals surface area contributed by atoms with Crippen molar-refractivity contribution in [2.24, 2.45) is 0 Å². The van der Waals surface area contributed by atoms with Crippen LogP contribution in [0.25, 0.3) is 26.4 Å². The molecule has 0 aliphatic heterocycles. The average Bonchev–Trinajstić information content (AvgIpc) is 3.12. The van der Waals surface area contributed by atoms with E-state index in [2.05, 4.69) is 53.1 Å². The highest BCUT2D eigenvalue weighted by Gasteiger charge is 2.13. The zero-order chi connectivity index (χ0) is 14.5. The molecule has 2 aromatic carbocycles. The number of hydrogen-bond acceptors (Lipinski definition) is 2. The Morgan fingerprint density at radius 3 is 2.77 bits per heavy atom. The minimum Gasteiger partial charge on any atom is -0.290 e. The SMILES string of the molecule is c1ccc2c(c1)sc1nc(-c3ccc4c(c3)CCCC4)cn12. The van der Waals surface area contributed by atoms with Crippen LogP contribution in [0.1, 0.15) is 24.0 Å². The first-order chi connectivity index (χ1) is 10.9. The summed E-state index contributed by atoms with van der Waals surface area (Å²) in [6, 6.07) is 15.4. The summed E-state index contributed by atoms with van der Waals surface area (Å²) in [5, 5.41) is 0. The van der Waals surface area contributed by atoms with Crippen molar-refractivity contribution in [3.05, 3.63) is 59.8 Å². The number of fused-ring (bicyclic) bond motifs is 4. The second-order valence-corrected chi connectivity index (χ2v) is 7.05. The molecule has 0 saturated heterocycles. The van der Waals surface area contributed by atoms with Gasteiger partial charge in [-0.15, -0.1) is 0 Å². The molecule has 0 atom stereocenters. The van der Waals surface area contributed by atoms with Crippen LogP contribution in [0.4, 0.5) is 0 Å². The molecule has 1 aliphatic rings. The fourth-order valence-electron chi connectivity index (χ4n) is 3.48. The van der Waals surface area contributed by atoms with Gasteiger partial charge in [0.05, 0.1) is 15.9 Å². The Balaban J connectivity index is 1.67. The predicted molar refractivity (Wildman–Crippen MR) is 92.7 cm³/mol. The molecule has 0 radical (unpaired) electrons. The third-order valence-electron chi connectivity index (χ3n) is 4.64. The number of thiazole rings is 1. The van der Waals surface area contributed by atoms with Crippen molar-refractivity contribution < 1.29 is 0 Å². The quantitative estimate of drug-likeness (QED) is 0.478. The third kappa shape index (κ3) is 1.82. The fourth-order valence-corrected chi connectivity index (χ4v) is 4.49. The van der Waals surface area contributed by atoms with Gasteiger partial charge in [0.25, 0.3) is 0 Å². The van der Waals surface area contributed by atoms with Crippen molar-refractivity contribution in [3.63, 3.8) is 0 Å². The molecule has 2 heterocycles. The highest BCUT2D eigenvalue weighted by molar-refractivity contribution is 7.23. The summed E-state index contributed by atoms with van der Waals surface area (Å²) < 4.78 is 3.51. The van der Waals surface area contributed by atoms with Gasteiger partial charge in [-0.05, 0) is 55.0 Å². The van der Waals surface area contributed by atoms with Crippen LogP contribution in [0.5, 0.6) is 0 Å². The van der Waals surface area contributed by atoms with Crippen LogP contribution in [-0.2, 0) is 12.8 Å². The Bertz CT molecular complexity index is 993. The molecular formula is C19H16N2S. The van der Waals surface area contributed by atoms with Crippen molar-refractivity contribution >= 4 is 26.5 Å². The second-order valence-electron chi connectivity index (χ2n) is 6.04. The van der Waals surface area contributed by atoms with Gasteiger partial charge in [-0.1, -0.05) is 35.6 Å². The van der Waals surface area contributed by atoms with E-state index in [1.54, 1.807) is 11.3 Å². The number of aromatic nitrogens is 2. The predicted octanol–water partition coefficient (Wildman–Crippen LogP) is 5.09. The maximum absolute atomic E-state index is 4.85. The van der Waals surface area contributed by atoms with Gasteiger partial charge < -0.3 is 0 Å². The first kappa shape index (κ1) is 12.4. The largest absolute Gasteiger partial charge is 0.290 e. The molecule has 0 spiro atoms. The van der Waals surface area contributed by atoms with Crippen LogP contribution in [0.15, 0.2) is 48.7 Å². The Morgan fingerprint density at radius 1 is 0.955 bits per heavy atom. The highest BCUT2D eigenvalue weighted by atomic mass is 32.1. The minimum absolute atomic E-state index is 1.08. The van der Waals surface area contributed by atoms with E-state index < -0.39 is 0 Å². The number of rotatable bonds is 1. The summed E-state index contributed by atoms with van der Waals surface area (Å²) in [4.78, 5) is 5.93. The second kappa shape index (κ2) is 4.68. The summed E-state index contributed by atoms with van der Waals surface area (Å²) in [5.74, 6) is 0. The molecule has 5 rings (SSSR count). The van der Waals surface area contributed by atoms with E-state index in [9.17, 15) is 0 Å². The number of aryl methyl sites for hydroxylation is 2. The van der Waals surface area contributed by atoms with Crippen molar-refractivity contribution in [3.8, 4) is 11.3 Å². The lowest BCUT2D eigenvalue weighted by Crippen LogP contribution is -2.02. The van der Waals surface area contributed by atoms with E-state index in [1.807, 2.05) is 0 Å². The maximum atomic E-state index is 4.85. The molecule has 0 amide bonds. The molecule has 0 fully saturated rings. The van der Waals surface area contributed by atoms with Crippen LogP contribution in [0.2, 0.25) is 0 Å². The topological polar surface area (TPSA) is 17.3 Å². The molecule has 0 N–H and O–H groups in total. The first-order valence-electron chi connectivity index (χ1n) is 7.87. The van der Waals surface area contributed by atoms with Crippen molar-refractivity contribution in [2.75, 3.05) is 0 Å². The number of benzene rings is 2. The van der Waals surface area contributed by atoms with Gasteiger partial charge in [-0.2, -0.15) is 0 Å². The van der Waals surface area contributed by atoms with Gasteiger partial charge in [-0.25, -0.2) is 4.98 Å². The zero-order valence-electron chi connectivity index (χ0n) is 12.2. The number of para-hydroxylation sites is 1. The molecule has 108 valence electrons. The molecule has 2 nitrogen and oxygen atoms in total. The molecule has 3 heteroatoms. The van der Waals surface area contributed by atoms with Crippen LogP contribution in [-0.4, -0.2) is 9.38 Å². The fraction of sp³-hybridized carbons (Fsp3) is 0.211. The summed E-state index contributed by atoms with van der Waals surface area (Å²) in [7, 11) is 0. The first-order valence-corrected chi connectivity index (χ1v) is 8.69. The van der Waals surface area contributed by atoms with Crippen molar-refractivity contribution in [1.29, 1.82) is 0 Å². The normalized spacial score (nSPS) is 14.5. The van der Waals surface area contributed by atoms with E-state index in [0.717, 1.165) is 10.7 Å². The molecule has 4 aromatic rings. The lowest BCUT2D eigenvalue weighted by molar-refractivity contribution is 0.686. The van der Waals surface area contributed by atoms with E-state index in [1.165, 1.54) is 52.6 Å². The van der Waals surface area contributed by atoms with Gasteiger partial charge in [0.1, 0.15) is 0 Å². The van der Waals surface area contributed by atoms with Crippen LogP contribution in [0, 0.1) is 0 Å². The zero-order valence-corrected chi connectivity index (χ0v) is 13.1. The number of imidazole rings is 1. The van der Waals surface area contributed by atoms with Crippen LogP contribution < -0.4 is 0 Å². The molecule has 0 bridgehead atoms. The smallest absolute Gasteiger partial charge is 0.195 e. The molecule has 0 saturated carbocycles. The Morgan fingerprint density at radius 2 is 1.82 bits per heavy atom. The van der Waals surface area contributed by atoms with Crippen molar-refractivity contribution in [1.82, 2.24) is 9.38 Å². The average molecular weight is 304 g/mol. The summed E-state index contributed by atoms with van der Waals surface area (Å²) >= 11 is 1.76. The van der Waals surface area contributed by atoms with Gasteiger partial charge in [0, 0.05) is 11.8 Å². The van der Waals surface area contributed by atoms with E-state index >= 15 is 0 Å². The molecule has 2 aromatic heterocycles. The van der Waals surface area contributed by atoms with E-state index in [0.29, 0.717) is 0 Å². The Labute approximate surface area is 133 Å². The lowest BCUT2D eigenvalue weighted by Gasteiger charge is -2.15. The van der Waals surface area contributed by atoms with Crippen LogP contribution in [0.3, 0.4) is 0 Å². The van der Waals surface area contributed by atoms with Gasteiger partial charge in [0.15, 0.2) is 4.96 Å².